The second kappa shape index (κ2) is 8.10. The molecule has 1 unspecified atom stereocenters. The molecule has 1 rings (SSSR count). The van der Waals surface area contributed by atoms with E-state index in [0.29, 0.717) is 0 Å². The van der Waals surface area contributed by atoms with Crippen molar-refractivity contribution in [3.05, 3.63) is 23.8 Å². The average Bonchev–Trinajstić information content (AvgIpc) is 2.23. The standard InChI is InChI=1S/C11H18.C2H6/c1-3-7-10(2)11-8-5-4-6-9-11;1-2/h4-5,8,10H,3,6-7,9H2,1-2H3;1-2H3. The highest BCUT2D eigenvalue weighted by Gasteiger charge is 2.07. The van der Waals surface area contributed by atoms with Crippen LogP contribution in [0.3, 0.4) is 0 Å². The lowest BCUT2D eigenvalue weighted by molar-refractivity contribution is 0.577. The van der Waals surface area contributed by atoms with Gasteiger partial charge in [-0.25, -0.2) is 0 Å². The van der Waals surface area contributed by atoms with Gasteiger partial charge in [0.25, 0.3) is 0 Å². The molecule has 0 saturated carbocycles. The predicted molar refractivity (Wildman–Crippen MR) is 61.9 cm³/mol. The summed E-state index contributed by atoms with van der Waals surface area (Å²) in [6.07, 6.45) is 11.9. The normalized spacial score (nSPS) is 17.1. The Hall–Kier alpha value is -0.520. The summed E-state index contributed by atoms with van der Waals surface area (Å²) in [5.41, 5.74) is 1.65. The molecule has 1 aliphatic carbocycles. The SMILES string of the molecule is CC.CCCC(C)C1=CC=CCC1. The smallest absolute Gasteiger partial charge is 0.0229 e. The lowest BCUT2D eigenvalue weighted by atomic mass is 9.90. The molecule has 0 bridgehead atoms. The molecular weight excluding hydrogens is 156 g/mol. The van der Waals surface area contributed by atoms with Crippen LogP contribution in [0.5, 0.6) is 0 Å². The van der Waals surface area contributed by atoms with Gasteiger partial charge in [-0.05, 0) is 25.2 Å². The Morgan fingerprint density at radius 1 is 1.38 bits per heavy atom. The van der Waals surface area contributed by atoms with Crippen molar-refractivity contribution >= 4 is 0 Å². The summed E-state index contributed by atoms with van der Waals surface area (Å²) in [6, 6.07) is 0. The monoisotopic (exact) mass is 180 g/mol. The van der Waals surface area contributed by atoms with E-state index in [2.05, 4.69) is 32.1 Å². The van der Waals surface area contributed by atoms with Crippen LogP contribution in [-0.4, -0.2) is 0 Å². The highest BCUT2D eigenvalue weighted by molar-refractivity contribution is 5.19. The highest BCUT2D eigenvalue weighted by Crippen LogP contribution is 2.23. The molecule has 0 amide bonds. The first-order valence-electron chi connectivity index (χ1n) is 5.70. The molecule has 13 heavy (non-hydrogen) atoms. The van der Waals surface area contributed by atoms with Gasteiger partial charge in [-0.1, -0.05) is 57.9 Å². The van der Waals surface area contributed by atoms with Gasteiger partial charge in [-0.2, -0.15) is 0 Å². The van der Waals surface area contributed by atoms with Crippen molar-refractivity contribution in [3.63, 3.8) is 0 Å². The molecule has 0 aromatic rings. The quantitative estimate of drug-likeness (QED) is 0.589. The number of hydrogen-bond acceptors (Lipinski definition) is 0. The van der Waals surface area contributed by atoms with Crippen molar-refractivity contribution in [2.75, 3.05) is 0 Å². The number of rotatable bonds is 3. The van der Waals surface area contributed by atoms with Gasteiger partial charge in [0.2, 0.25) is 0 Å². The predicted octanol–water partition coefficient (Wildman–Crippen LogP) is 4.73. The van der Waals surface area contributed by atoms with E-state index in [1.165, 1.54) is 25.7 Å². The molecule has 0 fully saturated rings. The molecule has 0 nitrogen and oxygen atoms in total. The minimum Gasteiger partial charge on any atom is -0.0842 e. The van der Waals surface area contributed by atoms with E-state index < -0.39 is 0 Å². The molecule has 0 aromatic carbocycles. The zero-order valence-electron chi connectivity index (χ0n) is 9.64. The fourth-order valence-corrected chi connectivity index (χ4v) is 1.65. The van der Waals surface area contributed by atoms with Crippen molar-refractivity contribution in [3.8, 4) is 0 Å². The summed E-state index contributed by atoms with van der Waals surface area (Å²) in [7, 11) is 0. The van der Waals surface area contributed by atoms with E-state index in [1.807, 2.05) is 13.8 Å². The molecule has 0 spiro atoms. The first-order valence-corrected chi connectivity index (χ1v) is 5.70. The maximum atomic E-state index is 2.34. The molecule has 0 aromatic heterocycles. The van der Waals surface area contributed by atoms with E-state index in [1.54, 1.807) is 5.57 Å². The third kappa shape index (κ3) is 4.92. The van der Waals surface area contributed by atoms with E-state index in [4.69, 9.17) is 0 Å². The van der Waals surface area contributed by atoms with Crippen molar-refractivity contribution in [1.82, 2.24) is 0 Å². The number of hydrogen-bond donors (Lipinski definition) is 0. The van der Waals surface area contributed by atoms with E-state index in [-0.39, 0.29) is 0 Å². The van der Waals surface area contributed by atoms with Gasteiger partial charge in [0.1, 0.15) is 0 Å². The van der Waals surface area contributed by atoms with Gasteiger partial charge in [0.05, 0.1) is 0 Å². The minimum absolute atomic E-state index is 0.810. The van der Waals surface area contributed by atoms with Crippen LogP contribution in [0.2, 0.25) is 0 Å². The van der Waals surface area contributed by atoms with Gasteiger partial charge in [0.15, 0.2) is 0 Å². The third-order valence-electron chi connectivity index (χ3n) is 2.40. The van der Waals surface area contributed by atoms with Crippen molar-refractivity contribution in [2.24, 2.45) is 5.92 Å². The van der Waals surface area contributed by atoms with Gasteiger partial charge in [0, 0.05) is 0 Å². The second-order valence-corrected chi connectivity index (χ2v) is 3.40. The van der Waals surface area contributed by atoms with Crippen LogP contribution in [0.25, 0.3) is 0 Å². The molecule has 0 radical (unpaired) electrons. The Morgan fingerprint density at radius 2 is 2.08 bits per heavy atom. The van der Waals surface area contributed by atoms with Crippen molar-refractivity contribution in [1.29, 1.82) is 0 Å². The van der Waals surface area contributed by atoms with Crippen LogP contribution >= 0.6 is 0 Å². The summed E-state index contributed by atoms with van der Waals surface area (Å²) in [6.45, 7) is 8.60. The fraction of sp³-hybridized carbons (Fsp3) is 0.692. The molecule has 1 atom stereocenters. The molecule has 1 aliphatic rings. The third-order valence-corrected chi connectivity index (χ3v) is 2.40. The Kier molecular flexibility index (Phi) is 7.77. The zero-order valence-corrected chi connectivity index (χ0v) is 9.64. The summed E-state index contributed by atoms with van der Waals surface area (Å²) >= 11 is 0. The lowest BCUT2D eigenvalue weighted by Gasteiger charge is -2.15. The maximum absolute atomic E-state index is 2.34. The maximum Gasteiger partial charge on any atom is -0.0229 e. The van der Waals surface area contributed by atoms with Crippen LogP contribution in [0.15, 0.2) is 23.8 Å². The first-order chi connectivity index (χ1) is 6.34. The Balaban J connectivity index is 0.000000671. The Labute approximate surface area is 83.7 Å². The highest BCUT2D eigenvalue weighted by atomic mass is 14.1. The lowest BCUT2D eigenvalue weighted by Crippen LogP contribution is -2.00. The van der Waals surface area contributed by atoms with Crippen LogP contribution in [0.1, 0.15) is 53.4 Å². The van der Waals surface area contributed by atoms with Crippen molar-refractivity contribution < 1.29 is 0 Å². The molecule has 0 aliphatic heterocycles. The number of allylic oxidation sites excluding steroid dienone is 4. The molecule has 76 valence electrons. The van der Waals surface area contributed by atoms with Gasteiger partial charge in [-0.3, -0.25) is 0 Å². The summed E-state index contributed by atoms with van der Waals surface area (Å²) in [5.74, 6) is 0.810. The largest absolute Gasteiger partial charge is 0.0842 e. The molecule has 0 heterocycles. The first kappa shape index (κ1) is 12.5. The van der Waals surface area contributed by atoms with Crippen molar-refractivity contribution in [2.45, 2.75) is 53.4 Å². The molecular formula is C13H24. The summed E-state index contributed by atoms with van der Waals surface area (Å²) < 4.78 is 0. The Morgan fingerprint density at radius 3 is 2.54 bits per heavy atom. The average molecular weight is 180 g/mol. The minimum atomic E-state index is 0.810. The van der Waals surface area contributed by atoms with E-state index in [0.717, 1.165) is 5.92 Å². The second-order valence-electron chi connectivity index (χ2n) is 3.40. The zero-order chi connectivity index (χ0) is 10.1. The van der Waals surface area contributed by atoms with E-state index >= 15 is 0 Å². The summed E-state index contributed by atoms with van der Waals surface area (Å²) in [4.78, 5) is 0. The molecule has 0 N–H and O–H groups in total. The van der Waals surface area contributed by atoms with E-state index in [9.17, 15) is 0 Å². The fourth-order valence-electron chi connectivity index (χ4n) is 1.65. The van der Waals surface area contributed by atoms with Gasteiger partial charge in [-0.15, -0.1) is 0 Å². The van der Waals surface area contributed by atoms with Gasteiger partial charge < -0.3 is 0 Å². The van der Waals surface area contributed by atoms with Crippen LogP contribution in [0.4, 0.5) is 0 Å². The topological polar surface area (TPSA) is 0 Å². The Bertz CT molecular complexity index is 163. The molecule has 0 heteroatoms. The van der Waals surface area contributed by atoms with Crippen LogP contribution < -0.4 is 0 Å². The van der Waals surface area contributed by atoms with Crippen LogP contribution in [-0.2, 0) is 0 Å². The van der Waals surface area contributed by atoms with Gasteiger partial charge >= 0.3 is 0 Å². The molecule has 0 saturated heterocycles. The van der Waals surface area contributed by atoms with Crippen LogP contribution in [0, 0.1) is 5.92 Å². The summed E-state index contributed by atoms with van der Waals surface area (Å²) in [5, 5.41) is 0.